The number of hydrogen-bond donors (Lipinski definition) is 2. The van der Waals surface area contributed by atoms with Gasteiger partial charge in [-0.15, -0.1) is 0 Å². The van der Waals surface area contributed by atoms with E-state index in [4.69, 9.17) is 0 Å². The Bertz CT molecular complexity index is 349. The molecule has 2 N–H and O–H groups in total. The van der Waals surface area contributed by atoms with E-state index < -0.39 is 0 Å². The summed E-state index contributed by atoms with van der Waals surface area (Å²) in [5.41, 5.74) is 3.40. The summed E-state index contributed by atoms with van der Waals surface area (Å²) >= 11 is 0. The highest BCUT2D eigenvalue weighted by molar-refractivity contribution is 5.34. The van der Waals surface area contributed by atoms with Crippen molar-refractivity contribution in [2.75, 3.05) is 13.2 Å². The summed E-state index contributed by atoms with van der Waals surface area (Å²) in [5, 5.41) is 13.0. The minimum absolute atomic E-state index is 0.121. The minimum atomic E-state index is -0.325. The molecule has 0 fully saturated rings. The third-order valence-corrected chi connectivity index (χ3v) is 3.23. The molecule has 0 saturated heterocycles. The van der Waals surface area contributed by atoms with E-state index in [-0.39, 0.29) is 12.1 Å². The molecule has 0 heterocycles. The molecule has 1 atom stereocenters. The van der Waals surface area contributed by atoms with Gasteiger partial charge in [-0.1, -0.05) is 25.1 Å². The van der Waals surface area contributed by atoms with Crippen LogP contribution in [0.3, 0.4) is 0 Å². The molecule has 1 rings (SSSR count). The van der Waals surface area contributed by atoms with Crippen LogP contribution < -0.4 is 5.32 Å². The van der Waals surface area contributed by atoms with Crippen molar-refractivity contribution in [2.45, 2.75) is 39.7 Å². The summed E-state index contributed by atoms with van der Waals surface area (Å²) in [7, 11) is 0. The third-order valence-electron chi connectivity index (χ3n) is 3.23. The van der Waals surface area contributed by atoms with Crippen LogP contribution in [-0.4, -0.2) is 18.3 Å². The first kappa shape index (κ1) is 13.2. The van der Waals surface area contributed by atoms with E-state index in [1.807, 2.05) is 6.92 Å². The van der Waals surface area contributed by atoms with Crippen molar-refractivity contribution in [3.05, 3.63) is 34.9 Å². The zero-order valence-electron chi connectivity index (χ0n) is 10.8. The zero-order valence-corrected chi connectivity index (χ0v) is 10.8. The number of benzene rings is 1. The molecule has 1 aromatic carbocycles. The van der Waals surface area contributed by atoms with Gasteiger partial charge in [0.05, 0.1) is 12.1 Å². The lowest BCUT2D eigenvalue weighted by Gasteiger charge is -2.30. The molecule has 1 unspecified atom stereocenters. The first-order chi connectivity index (χ1) is 7.53. The van der Waals surface area contributed by atoms with Gasteiger partial charge in [0.15, 0.2) is 0 Å². The summed E-state index contributed by atoms with van der Waals surface area (Å²) in [6, 6.07) is 6.38. The largest absolute Gasteiger partial charge is 0.394 e. The van der Waals surface area contributed by atoms with Crippen LogP contribution in [0.4, 0.5) is 0 Å². The molecule has 0 amide bonds. The topological polar surface area (TPSA) is 32.3 Å². The number of aliphatic hydroxyl groups excluding tert-OH is 1. The average Bonchev–Trinajstić information content (AvgIpc) is 2.29. The Hall–Kier alpha value is -0.860. The van der Waals surface area contributed by atoms with E-state index in [1.165, 1.54) is 11.1 Å². The van der Waals surface area contributed by atoms with Crippen LogP contribution in [-0.2, 0) is 5.54 Å². The van der Waals surface area contributed by atoms with Crippen molar-refractivity contribution in [2.24, 2.45) is 0 Å². The second-order valence-corrected chi connectivity index (χ2v) is 4.72. The van der Waals surface area contributed by atoms with Gasteiger partial charge in [0.25, 0.3) is 0 Å². The number of aryl methyl sites for hydroxylation is 2. The predicted octanol–water partition coefficient (Wildman–Crippen LogP) is 2.51. The number of rotatable bonds is 5. The van der Waals surface area contributed by atoms with Crippen LogP contribution in [0.15, 0.2) is 18.2 Å². The maximum absolute atomic E-state index is 9.56. The average molecular weight is 221 g/mol. The maximum Gasteiger partial charge on any atom is 0.0652 e. The molecule has 0 aliphatic carbocycles. The molecular formula is C14H23NO. The van der Waals surface area contributed by atoms with Crippen LogP contribution in [0.25, 0.3) is 0 Å². The molecule has 16 heavy (non-hydrogen) atoms. The van der Waals surface area contributed by atoms with Gasteiger partial charge in [0.2, 0.25) is 0 Å². The lowest BCUT2D eigenvalue weighted by Crippen LogP contribution is -2.43. The molecule has 0 saturated carbocycles. The fourth-order valence-corrected chi connectivity index (χ4v) is 1.73. The van der Waals surface area contributed by atoms with Gasteiger partial charge in [-0.3, -0.25) is 0 Å². The van der Waals surface area contributed by atoms with Crippen LogP contribution in [0, 0.1) is 13.8 Å². The van der Waals surface area contributed by atoms with Crippen molar-refractivity contribution < 1.29 is 5.11 Å². The number of hydrogen-bond acceptors (Lipinski definition) is 2. The third kappa shape index (κ3) is 2.83. The molecular weight excluding hydrogens is 198 g/mol. The monoisotopic (exact) mass is 221 g/mol. The second kappa shape index (κ2) is 5.46. The van der Waals surface area contributed by atoms with Crippen molar-refractivity contribution in [3.8, 4) is 0 Å². The van der Waals surface area contributed by atoms with Crippen molar-refractivity contribution in [3.63, 3.8) is 0 Å². The predicted molar refractivity (Wildman–Crippen MR) is 68.6 cm³/mol. The van der Waals surface area contributed by atoms with Crippen molar-refractivity contribution in [1.82, 2.24) is 5.32 Å². The van der Waals surface area contributed by atoms with Gasteiger partial charge < -0.3 is 10.4 Å². The Balaban J connectivity index is 2.97. The van der Waals surface area contributed by atoms with E-state index in [0.717, 1.165) is 18.5 Å². The van der Waals surface area contributed by atoms with Gasteiger partial charge in [0.1, 0.15) is 0 Å². The molecule has 2 nitrogen and oxygen atoms in total. The highest BCUT2D eigenvalue weighted by atomic mass is 16.3. The molecule has 1 aromatic rings. The van der Waals surface area contributed by atoms with Crippen LogP contribution >= 0.6 is 0 Å². The zero-order chi connectivity index (χ0) is 12.2. The molecule has 0 aliphatic rings. The van der Waals surface area contributed by atoms with Crippen LogP contribution in [0.2, 0.25) is 0 Å². The lowest BCUT2D eigenvalue weighted by molar-refractivity contribution is 0.175. The smallest absolute Gasteiger partial charge is 0.0652 e. The SMILES string of the molecule is CCCNC(C)(CO)c1ccc(C)c(C)c1. The Labute approximate surface area is 98.7 Å². The molecule has 2 heteroatoms. The molecule has 0 aliphatic heterocycles. The molecule has 0 bridgehead atoms. The first-order valence-electron chi connectivity index (χ1n) is 5.97. The van der Waals surface area contributed by atoms with E-state index in [2.05, 4.69) is 44.3 Å². The standard InChI is InChI=1S/C14H23NO/c1-5-8-15-14(4,10-16)13-7-6-11(2)12(3)9-13/h6-7,9,15-16H,5,8,10H2,1-4H3. The Morgan fingerprint density at radius 1 is 1.25 bits per heavy atom. The highest BCUT2D eigenvalue weighted by Gasteiger charge is 2.24. The summed E-state index contributed by atoms with van der Waals surface area (Å²) in [6.45, 7) is 9.43. The Morgan fingerprint density at radius 3 is 2.44 bits per heavy atom. The van der Waals surface area contributed by atoms with Gasteiger partial charge in [-0.05, 0) is 50.4 Å². The summed E-state index contributed by atoms with van der Waals surface area (Å²) in [6.07, 6.45) is 1.07. The second-order valence-electron chi connectivity index (χ2n) is 4.72. The molecule has 0 radical (unpaired) electrons. The van der Waals surface area contributed by atoms with Gasteiger partial charge in [0, 0.05) is 0 Å². The Kier molecular flexibility index (Phi) is 4.51. The van der Waals surface area contributed by atoms with E-state index in [1.54, 1.807) is 0 Å². The lowest BCUT2D eigenvalue weighted by atomic mass is 9.90. The maximum atomic E-state index is 9.56. The first-order valence-corrected chi connectivity index (χ1v) is 5.97. The molecule has 0 spiro atoms. The normalized spacial score (nSPS) is 14.8. The van der Waals surface area contributed by atoms with Crippen LogP contribution in [0.5, 0.6) is 0 Å². The van der Waals surface area contributed by atoms with Gasteiger partial charge in [-0.2, -0.15) is 0 Å². The van der Waals surface area contributed by atoms with Crippen molar-refractivity contribution in [1.29, 1.82) is 0 Å². The van der Waals surface area contributed by atoms with Crippen molar-refractivity contribution >= 4 is 0 Å². The number of nitrogens with one attached hydrogen (secondary N) is 1. The minimum Gasteiger partial charge on any atom is -0.394 e. The Morgan fingerprint density at radius 2 is 1.94 bits per heavy atom. The fraction of sp³-hybridized carbons (Fsp3) is 0.571. The summed E-state index contributed by atoms with van der Waals surface area (Å²) in [5.74, 6) is 0. The highest BCUT2D eigenvalue weighted by Crippen LogP contribution is 2.22. The van der Waals surface area contributed by atoms with E-state index in [0.29, 0.717) is 0 Å². The van der Waals surface area contributed by atoms with E-state index >= 15 is 0 Å². The summed E-state index contributed by atoms with van der Waals surface area (Å²) in [4.78, 5) is 0. The quantitative estimate of drug-likeness (QED) is 0.800. The molecule has 0 aromatic heterocycles. The van der Waals surface area contributed by atoms with E-state index in [9.17, 15) is 5.11 Å². The number of aliphatic hydroxyl groups is 1. The fourth-order valence-electron chi connectivity index (χ4n) is 1.73. The summed E-state index contributed by atoms with van der Waals surface area (Å²) < 4.78 is 0. The van der Waals surface area contributed by atoms with Crippen LogP contribution in [0.1, 0.15) is 37.0 Å². The molecule has 90 valence electrons. The van der Waals surface area contributed by atoms with Gasteiger partial charge in [-0.25, -0.2) is 0 Å². The van der Waals surface area contributed by atoms with Gasteiger partial charge >= 0.3 is 0 Å².